The minimum atomic E-state index is -5.65. The van der Waals surface area contributed by atoms with Gasteiger partial charge in [-0.3, -0.25) is 0 Å². The van der Waals surface area contributed by atoms with Gasteiger partial charge in [-0.1, -0.05) is 24.3 Å². The summed E-state index contributed by atoms with van der Waals surface area (Å²) in [6, 6.07) is 6.60. The highest BCUT2D eigenvalue weighted by Crippen LogP contribution is 2.32. The van der Waals surface area contributed by atoms with Gasteiger partial charge in [-0.15, -0.1) is 0 Å². The number of ether oxygens (including phenoxy) is 1. The summed E-state index contributed by atoms with van der Waals surface area (Å²) < 4.78 is 126. The average Bonchev–Trinajstić information content (AvgIpc) is 2.64. The number of hydrogen-bond donors (Lipinski definition) is 1. The second-order valence-corrected chi connectivity index (χ2v) is 9.66. The van der Waals surface area contributed by atoms with E-state index in [1.54, 1.807) is 0 Å². The molecule has 0 spiro atoms. The lowest BCUT2D eigenvalue weighted by Gasteiger charge is -2.15. The Morgan fingerprint density at radius 3 is 1.80 bits per heavy atom. The molecule has 0 fully saturated rings. The molecule has 30 heavy (non-hydrogen) atoms. The number of halogens is 6. The largest absolute Gasteiger partial charge is 0.501 e. The highest BCUT2D eigenvalue weighted by atomic mass is 32.2. The summed E-state index contributed by atoms with van der Waals surface area (Å²) in [5, 5.41) is 9.92. The molecular formula is C16H12F6O6S2. The molecule has 0 bridgehead atoms. The van der Waals surface area contributed by atoms with E-state index in [0.29, 0.717) is 24.3 Å². The van der Waals surface area contributed by atoms with Crippen LogP contribution in [0.15, 0.2) is 58.3 Å². The van der Waals surface area contributed by atoms with Crippen LogP contribution in [-0.4, -0.2) is 33.0 Å². The molecule has 0 aromatic heterocycles. The Hall–Kier alpha value is -2.16. The van der Waals surface area contributed by atoms with Gasteiger partial charge in [-0.05, 0) is 29.8 Å². The molecule has 0 aliphatic carbocycles. The predicted octanol–water partition coefficient (Wildman–Crippen LogP) is 3.48. The first-order valence-electron chi connectivity index (χ1n) is 7.68. The van der Waals surface area contributed by atoms with Crippen LogP contribution in [0, 0.1) is 0 Å². The van der Waals surface area contributed by atoms with E-state index in [9.17, 15) is 48.3 Å². The molecule has 0 saturated heterocycles. The highest BCUT2D eigenvalue weighted by molar-refractivity contribution is 7.92. The monoisotopic (exact) mass is 478 g/mol. The van der Waals surface area contributed by atoms with Crippen LogP contribution in [-0.2, 0) is 31.0 Å². The molecule has 0 heterocycles. The van der Waals surface area contributed by atoms with E-state index in [4.69, 9.17) is 4.74 Å². The molecule has 0 aliphatic heterocycles. The molecule has 166 valence electrons. The number of hydrogen-bond acceptors (Lipinski definition) is 6. The normalized spacial score (nSPS) is 14.5. The van der Waals surface area contributed by atoms with E-state index in [-0.39, 0.29) is 11.1 Å². The lowest BCUT2D eigenvalue weighted by atomic mass is 10.2. The molecule has 0 saturated carbocycles. The fourth-order valence-corrected chi connectivity index (χ4v) is 3.72. The highest BCUT2D eigenvalue weighted by Gasteiger charge is 2.47. The summed E-state index contributed by atoms with van der Waals surface area (Å²) in [6.45, 7) is -0.468. The van der Waals surface area contributed by atoms with E-state index in [0.717, 1.165) is 24.3 Å². The predicted molar refractivity (Wildman–Crippen MR) is 89.1 cm³/mol. The third kappa shape index (κ3) is 4.94. The van der Waals surface area contributed by atoms with Crippen molar-refractivity contribution in [2.45, 2.75) is 33.7 Å². The average molecular weight is 478 g/mol. The zero-order valence-electron chi connectivity index (χ0n) is 14.5. The molecule has 0 aliphatic rings. The number of aliphatic hydroxyl groups is 1. The van der Waals surface area contributed by atoms with Crippen molar-refractivity contribution in [3.8, 4) is 0 Å². The molecule has 1 N–H and O–H groups in total. The van der Waals surface area contributed by atoms with Gasteiger partial charge in [0.1, 0.15) is 0 Å². The summed E-state index contributed by atoms with van der Waals surface area (Å²) >= 11 is 0. The fourth-order valence-electron chi connectivity index (χ4n) is 2.14. The van der Waals surface area contributed by atoms with Gasteiger partial charge in [0.25, 0.3) is 19.7 Å². The van der Waals surface area contributed by atoms with E-state index >= 15 is 0 Å². The van der Waals surface area contributed by atoms with Crippen molar-refractivity contribution in [2.24, 2.45) is 0 Å². The number of aliphatic hydroxyl groups excluding tert-OH is 1. The molecule has 0 amide bonds. The molecular weight excluding hydrogens is 466 g/mol. The first-order chi connectivity index (χ1) is 13.6. The molecule has 14 heteroatoms. The van der Waals surface area contributed by atoms with Crippen molar-refractivity contribution in [3.05, 3.63) is 59.7 Å². The lowest BCUT2D eigenvalue weighted by Crippen LogP contribution is -2.23. The van der Waals surface area contributed by atoms with Crippen LogP contribution in [0.25, 0.3) is 0 Å². The first-order valence-corrected chi connectivity index (χ1v) is 10.7. The lowest BCUT2D eigenvalue weighted by molar-refractivity contribution is -0.112. The summed E-state index contributed by atoms with van der Waals surface area (Å²) in [4.78, 5) is -2.12. The number of alkyl halides is 6. The van der Waals surface area contributed by atoms with Crippen LogP contribution in [0.4, 0.5) is 26.3 Å². The standard InChI is InChI=1S/C16H12F6O6S2/c17-15(18,19)29(24,25)12-6-4-10(5-7-12)9-28-14(23)11-2-1-3-13(8-11)30(26,27)16(20,21)22/h1-8,14,23H,9H2. The Labute approximate surface area is 166 Å². The van der Waals surface area contributed by atoms with Crippen LogP contribution < -0.4 is 0 Å². The zero-order chi connectivity index (χ0) is 23.0. The summed E-state index contributed by atoms with van der Waals surface area (Å²) in [7, 11) is -11.2. The van der Waals surface area contributed by atoms with Crippen molar-refractivity contribution >= 4 is 19.7 Å². The van der Waals surface area contributed by atoms with E-state index < -0.39 is 53.4 Å². The number of rotatable bonds is 6. The zero-order valence-corrected chi connectivity index (χ0v) is 16.1. The van der Waals surface area contributed by atoms with Crippen molar-refractivity contribution in [3.63, 3.8) is 0 Å². The Morgan fingerprint density at radius 1 is 0.800 bits per heavy atom. The van der Waals surface area contributed by atoms with Gasteiger partial charge in [0.15, 0.2) is 6.29 Å². The van der Waals surface area contributed by atoms with Crippen LogP contribution in [0.5, 0.6) is 0 Å². The van der Waals surface area contributed by atoms with Gasteiger partial charge in [0.05, 0.1) is 16.4 Å². The van der Waals surface area contributed by atoms with E-state index in [2.05, 4.69) is 0 Å². The molecule has 2 rings (SSSR count). The van der Waals surface area contributed by atoms with Gasteiger partial charge in [0.2, 0.25) is 0 Å². The summed E-state index contributed by atoms with van der Waals surface area (Å²) in [5.41, 5.74) is -11.2. The van der Waals surface area contributed by atoms with E-state index in [1.807, 2.05) is 0 Å². The molecule has 6 nitrogen and oxygen atoms in total. The Balaban J connectivity index is 2.14. The van der Waals surface area contributed by atoms with Crippen LogP contribution in [0.1, 0.15) is 17.4 Å². The van der Waals surface area contributed by atoms with Crippen molar-refractivity contribution in [1.29, 1.82) is 0 Å². The molecule has 2 aromatic carbocycles. The SMILES string of the molecule is O=S(=O)(c1ccc(COC(O)c2cccc(S(=O)(=O)C(F)(F)F)c2)cc1)C(F)(F)F. The van der Waals surface area contributed by atoms with Gasteiger partial charge < -0.3 is 9.84 Å². The van der Waals surface area contributed by atoms with Crippen LogP contribution in [0.3, 0.4) is 0 Å². The Kier molecular flexibility index (Phi) is 6.57. The third-order valence-electron chi connectivity index (χ3n) is 3.70. The van der Waals surface area contributed by atoms with E-state index in [1.165, 1.54) is 0 Å². The van der Waals surface area contributed by atoms with Crippen molar-refractivity contribution in [1.82, 2.24) is 0 Å². The minimum absolute atomic E-state index is 0.134. The molecule has 1 unspecified atom stereocenters. The number of sulfone groups is 2. The Bertz CT molecular complexity index is 1110. The fraction of sp³-hybridized carbons (Fsp3) is 0.250. The maximum absolute atomic E-state index is 12.6. The van der Waals surface area contributed by atoms with Crippen molar-refractivity contribution < 1.29 is 53.0 Å². The van der Waals surface area contributed by atoms with Crippen LogP contribution in [0.2, 0.25) is 0 Å². The molecule has 1 atom stereocenters. The quantitative estimate of drug-likeness (QED) is 0.505. The maximum Gasteiger partial charge on any atom is 0.501 e. The summed E-state index contributed by atoms with van der Waals surface area (Å²) in [5.74, 6) is 0. The topological polar surface area (TPSA) is 97.7 Å². The Morgan fingerprint density at radius 2 is 1.30 bits per heavy atom. The smallest absolute Gasteiger partial charge is 0.364 e. The molecule has 0 radical (unpaired) electrons. The van der Waals surface area contributed by atoms with Crippen molar-refractivity contribution in [2.75, 3.05) is 0 Å². The maximum atomic E-state index is 12.6. The third-order valence-corrected chi connectivity index (χ3v) is 6.69. The van der Waals surface area contributed by atoms with Gasteiger partial charge in [0, 0.05) is 5.56 Å². The van der Waals surface area contributed by atoms with Gasteiger partial charge >= 0.3 is 11.0 Å². The van der Waals surface area contributed by atoms with Gasteiger partial charge in [-0.2, -0.15) is 26.3 Å². The minimum Gasteiger partial charge on any atom is -0.364 e. The second kappa shape index (κ2) is 8.17. The first kappa shape index (κ1) is 24.1. The second-order valence-electron chi connectivity index (χ2n) is 5.78. The number of benzene rings is 2. The summed E-state index contributed by atoms with van der Waals surface area (Å²) in [6.07, 6.45) is -1.87. The van der Waals surface area contributed by atoms with Gasteiger partial charge in [-0.25, -0.2) is 16.8 Å². The molecule has 2 aromatic rings. The van der Waals surface area contributed by atoms with Crippen LogP contribution >= 0.6 is 0 Å².